The molecule has 4 aromatic rings. The Morgan fingerprint density at radius 2 is 2.13 bits per heavy atom. The topological polar surface area (TPSA) is 97.6 Å². The van der Waals surface area contributed by atoms with Crippen LogP contribution in [0.2, 0.25) is 0 Å². The van der Waals surface area contributed by atoms with Crippen molar-refractivity contribution in [1.82, 2.24) is 19.7 Å². The van der Waals surface area contributed by atoms with Gasteiger partial charge in [-0.1, -0.05) is 48.2 Å². The summed E-state index contributed by atoms with van der Waals surface area (Å²) in [4.78, 5) is 17.3. The Morgan fingerprint density at radius 3 is 2.84 bits per heavy atom. The minimum Gasteiger partial charge on any atom is -0.461 e. The van der Waals surface area contributed by atoms with Crippen LogP contribution in [0.5, 0.6) is 0 Å². The molecule has 0 N–H and O–H groups in total. The number of carbonyl (C=O) groups is 1. The average Bonchev–Trinajstić information content (AvgIpc) is 3.55. The Kier molecular flexibility index (Phi) is 6.40. The molecule has 3 heterocycles. The molecule has 31 heavy (non-hydrogen) atoms. The molecule has 0 aliphatic carbocycles. The van der Waals surface area contributed by atoms with Crippen molar-refractivity contribution in [2.75, 3.05) is 5.75 Å². The largest absolute Gasteiger partial charge is 0.461 e. The minimum atomic E-state index is -0.921. The van der Waals surface area contributed by atoms with E-state index in [0.717, 1.165) is 11.3 Å². The fourth-order valence-corrected chi connectivity index (χ4v) is 4.67. The number of allylic oxidation sites excluding steroid dienone is 1. The summed E-state index contributed by atoms with van der Waals surface area (Å²) < 4.78 is 7.24. The van der Waals surface area contributed by atoms with Crippen molar-refractivity contribution in [2.45, 2.75) is 17.6 Å². The van der Waals surface area contributed by atoms with Crippen LogP contribution in [-0.2, 0) is 11.3 Å². The number of nitrogens with zero attached hydrogens (tertiary/aromatic N) is 5. The molecule has 1 atom stereocenters. The monoisotopic (exact) mass is 447 g/mol. The number of aromatic nitrogens is 4. The Bertz CT molecular complexity index is 1220. The number of hydrogen-bond acceptors (Lipinski definition) is 8. The van der Waals surface area contributed by atoms with Gasteiger partial charge in [0.05, 0.1) is 23.8 Å². The highest BCUT2D eigenvalue weighted by molar-refractivity contribution is 7.99. The zero-order chi connectivity index (χ0) is 21.6. The van der Waals surface area contributed by atoms with Gasteiger partial charge in [-0.3, -0.25) is 9.36 Å². The Hall–Kier alpha value is -3.48. The van der Waals surface area contributed by atoms with Gasteiger partial charge in [-0.05, 0) is 12.1 Å². The predicted octanol–water partition coefficient (Wildman–Crippen LogP) is 4.82. The highest BCUT2D eigenvalue weighted by atomic mass is 32.2. The molecule has 0 saturated heterocycles. The van der Waals surface area contributed by atoms with Crippen LogP contribution >= 0.6 is 23.1 Å². The maximum atomic E-state index is 12.8. The van der Waals surface area contributed by atoms with Gasteiger partial charge in [0, 0.05) is 17.5 Å². The van der Waals surface area contributed by atoms with Gasteiger partial charge in [0.1, 0.15) is 5.01 Å². The maximum Gasteiger partial charge on any atom is 0.200 e. The predicted molar refractivity (Wildman–Crippen MR) is 120 cm³/mol. The van der Waals surface area contributed by atoms with Crippen molar-refractivity contribution >= 4 is 28.9 Å². The summed E-state index contributed by atoms with van der Waals surface area (Å²) >= 11 is 2.55. The highest BCUT2D eigenvalue weighted by Gasteiger charge is 2.25. The lowest BCUT2D eigenvalue weighted by atomic mass is 10.1. The molecule has 0 saturated carbocycles. The summed E-state index contributed by atoms with van der Waals surface area (Å²) in [5.74, 6) is 0.0681. The second-order valence-electron chi connectivity index (χ2n) is 6.44. The lowest BCUT2D eigenvalue weighted by Gasteiger charge is -2.07. The lowest BCUT2D eigenvalue weighted by molar-refractivity contribution is -0.116. The number of furan rings is 1. The van der Waals surface area contributed by atoms with Gasteiger partial charge in [0.25, 0.3) is 0 Å². The molecule has 0 radical (unpaired) electrons. The quantitative estimate of drug-likeness (QED) is 0.268. The molecular weight excluding hydrogens is 430 g/mol. The molecule has 0 spiro atoms. The van der Waals surface area contributed by atoms with E-state index in [0.29, 0.717) is 28.3 Å². The molecular formula is C22H17N5O2S2. The summed E-state index contributed by atoms with van der Waals surface area (Å²) in [5.41, 5.74) is 1.71. The number of rotatable bonds is 9. The van der Waals surface area contributed by atoms with Crippen molar-refractivity contribution in [3.8, 4) is 28.9 Å². The van der Waals surface area contributed by atoms with Crippen molar-refractivity contribution in [1.29, 1.82) is 5.26 Å². The summed E-state index contributed by atoms with van der Waals surface area (Å²) in [7, 11) is 0. The number of thiazole rings is 1. The summed E-state index contributed by atoms with van der Waals surface area (Å²) in [5, 5.41) is 20.9. The number of Topliss-reactive ketones (excluding diaryl/α,β-unsaturated/α-hetero) is 1. The molecule has 1 aromatic carbocycles. The molecule has 0 fully saturated rings. The Morgan fingerprint density at radius 1 is 1.29 bits per heavy atom. The summed E-state index contributed by atoms with van der Waals surface area (Å²) in [6.07, 6.45) is 3.29. The first-order valence-corrected chi connectivity index (χ1v) is 11.2. The van der Waals surface area contributed by atoms with Gasteiger partial charge in [0.15, 0.2) is 22.6 Å². The first kappa shape index (κ1) is 20.8. The molecule has 4 rings (SSSR count). The normalized spacial score (nSPS) is 11.7. The molecule has 0 bridgehead atoms. The second kappa shape index (κ2) is 9.55. The molecule has 0 aliphatic rings. The standard InChI is InChI=1S/C22H17N5O2S2/c1-2-10-27-20(19-9-6-11-29-19)25-26-22(27)31-14-18(28)16(12-23)21-24-17(13-30-21)15-7-4-3-5-8-15/h2-9,11,13,16H,1,10,14H2/t16-/m0/s1. The van der Waals surface area contributed by atoms with Crippen LogP contribution < -0.4 is 0 Å². The van der Waals surface area contributed by atoms with E-state index in [2.05, 4.69) is 27.8 Å². The number of hydrogen-bond donors (Lipinski definition) is 0. The average molecular weight is 448 g/mol. The molecule has 0 amide bonds. The summed E-state index contributed by atoms with van der Waals surface area (Å²) in [6, 6.07) is 15.3. The molecule has 3 aromatic heterocycles. The SMILES string of the molecule is C=CCn1c(SCC(=O)[C@H](C#N)c2nc(-c3ccccc3)cs2)nnc1-c1ccco1. The van der Waals surface area contributed by atoms with E-state index in [-0.39, 0.29) is 11.5 Å². The zero-order valence-electron chi connectivity index (χ0n) is 16.3. The number of thioether (sulfide) groups is 1. The van der Waals surface area contributed by atoms with Crippen molar-refractivity contribution in [3.05, 3.63) is 71.8 Å². The van der Waals surface area contributed by atoms with E-state index in [1.807, 2.05) is 40.3 Å². The van der Waals surface area contributed by atoms with E-state index in [4.69, 9.17) is 4.42 Å². The van der Waals surface area contributed by atoms with Crippen molar-refractivity contribution < 1.29 is 9.21 Å². The van der Waals surface area contributed by atoms with Crippen LogP contribution in [0, 0.1) is 11.3 Å². The van der Waals surface area contributed by atoms with Crippen LogP contribution in [0.1, 0.15) is 10.9 Å². The van der Waals surface area contributed by atoms with Gasteiger partial charge in [-0.15, -0.1) is 28.1 Å². The van der Waals surface area contributed by atoms with Crippen LogP contribution in [0.3, 0.4) is 0 Å². The Balaban J connectivity index is 1.49. The van der Waals surface area contributed by atoms with E-state index in [9.17, 15) is 10.1 Å². The number of benzene rings is 1. The first-order valence-electron chi connectivity index (χ1n) is 9.35. The molecule has 7 nitrogen and oxygen atoms in total. The van der Waals surface area contributed by atoms with E-state index in [1.54, 1.807) is 24.5 Å². The van der Waals surface area contributed by atoms with E-state index >= 15 is 0 Å². The fourth-order valence-electron chi connectivity index (χ4n) is 2.92. The van der Waals surface area contributed by atoms with Gasteiger partial charge >= 0.3 is 0 Å². The van der Waals surface area contributed by atoms with Gasteiger partial charge in [-0.2, -0.15) is 5.26 Å². The number of ketones is 1. The number of carbonyl (C=O) groups excluding carboxylic acids is 1. The Labute approximate surface area is 187 Å². The lowest BCUT2D eigenvalue weighted by Crippen LogP contribution is -2.14. The van der Waals surface area contributed by atoms with Crippen LogP contribution in [0.25, 0.3) is 22.8 Å². The van der Waals surface area contributed by atoms with E-state index < -0.39 is 5.92 Å². The van der Waals surface area contributed by atoms with Crippen LogP contribution in [-0.4, -0.2) is 31.3 Å². The first-order chi connectivity index (χ1) is 15.2. The maximum absolute atomic E-state index is 12.8. The highest BCUT2D eigenvalue weighted by Crippen LogP contribution is 2.29. The van der Waals surface area contributed by atoms with Crippen molar-refractivity contribution in [2.24, 2.45) is 0 Å². The molecule has 0 unspecified atom stereocenters. The number of nitriles is 1. The third kappa shape index (κ3) is 4.50. The zero-order valence-corrected chi connectivity index (χ0v) is 18.0. The second-order valence-corrected chi connectivity index (χ2v) is 8.27. The summed E-state index contributed by atoms with van der Waals surface area (Å²) in [6.45, 7) is 4.24. The van der Waals surface area contributed by atoms with Gasteiger partial charge < -0.3 is 4.42 Å². The third-order valence-corrected chi connectivity index (χ3v) is 6.30. The fraction of sp³-hybridized carbons (Fsp3) is 0.136. The van der Waals surface area contributed by atoms with Gasteiger partial charge in [-0.25, -0.2) is 4.98 Å². The van der Waals surface area contributed by atoms with E-state index in [1.165, 1.54) is 23.1 Å². The molecule has 9 heteroatoms. The van der Waals surface area contributed by atoms with Gasteiger partial charge in [0.2, 0.25) is 5.82 Å². The molecule has 0 aliphatic heterocycles. The smallest absolute Gasteiger partial charge is 0.200 e. The minimum absolute atomic E-state index is 0.0753. The van der Waals surface area contributed by atoms with Crippen LogP contribution in [0.4, 0.5) is 0 Å². The van der Waals surface area contributed by atoms with Crippen LogP contribution in [0.15, 0.2) is 76.3 Å². The molecule has 154 valence electrons. The third-order valence-electron chi connectivity index (χ3n) is 4.40. The van der Waals surface area contributed by atoms with Crippen molar-refractivity contribution in [3.63, 3.8) is 0 Å².